The topological polar surface area (TPSA) is 50.9 Å². The number of nitrogens with two attached hydrogens (primary N) is 1. The van der Waals surface area contributed by atoms with Crippen LogP contribution in [0.1, 0.15) is 36.1 Å². The van der Waals surface area contributed by atoms with Gasteiger partial charge in [-0.1, -0.05) is 30.7 Å². The summed E-state index contributed by atoms with van der Waals surface area (Å²) in [4.78, 5) is 4.13. The second kappa shape index (κ2) is 6.87. The van der Waals surface area contributed by atoms with Gasteiger partial charge in [-0.05, 0) is 37.6 Å². The predicted octanol–water partition coefficient (Wildman–Crippen LogP) is 3.85. The normalized spacial score (nSPS) is 12.4. The van der Waals surface area contributed by atoms with Crippen LogP contribution in [0.25, 0.3) is 0 Å². The van der Waals surface area contributed by atoms with Crippen molar-refractivity contribution in [2.45, 2.75) is 26.3 Å². The predicted molar refractivity (Wildman–Crippen MR) is 84.9 cm³/mol. The van der Waals surface area contributed by atoms with Crippen molar-refractivity contribution in [3.05, 3.63) is 58.0 Å². The minimum absolute atomic E-state index is 0.107. The molecule has 1 heterocycles. The number of anilines is 1. The van der Waals surface area contributed by atoms with E-state index in [-0.39, 0.29) is 11.1 Å². The summed E-state index contributed by atoms with van der Waals surface area (Å²) >= 11 is 5.91. The highest BCUT2D eigenvalue weighted by Gasteiger charge is 2.22. The Morgan fingerprint density at radius 1 is 1.38 bits per heavy atom. The first-order valence-corrected chi connectivity index (χ1v) is 7.32. The third kappa shape index (κ3) is 3.34. The lowest BCUT2D eigenvalue weighted by atomic mass is 9.95. The molecule has 0 aliphatic rings. The van der Waals surface area contributed by atoms with Crippen LogP contribution in [0.2, 0.25) is 5.02 Å². The van der Waals surface area contributed by atoms with Gasteiger partial charge in [-0.25, -0.2) is 9.37 Å². The van der Waals surface area contributed by atoms with Crippen molar-refractivity contribution in [3.8, 4) is 0 Å². The fourth-order valence-electron chi connectivity index (χ4n) is 2.37. The number of nitrogens with zero attached hydrogens (tertiary/aromatic N) is 1. The Hall–Kier alpha value is -1.65. The van der Waals surface area contributed by atoms with E-state index in [0.29, 0.717) is 11.4 Å². The summed E-state index contributed by atoms with van der Waals surface area (Å²) in [6.45, 7) is 4.73. The monoisotopic (exact) mass is 307 g/mol. The maximum absolute atomic E-state index is 14.4. The van der Waals surface area contributed by atoms with Crippen molar-refractivity contribution in [2.24, 2.45) is 0 Å². The lowest BCUT2D eigenvalue weighted by Gasteiger charge is -2.23. The van der Waals surface area contributed by atoms with E-state index in [4.69, 9.17) is 17.3 Å². The fourth-order valence-corrected chi connectivity index (χ4v) is 2.55. The van der Waals surface area contributed by atoms with Crippen molar-refractivity contribution in [1.29, 1.82) is 0 Å². The van der Waals surface area contributed by atoms with Gasteiger partial charge in [0.1, 0.15) is 11.6 Å². The second-order valence-electron chi connectivity index (χ2n) is 4.96. The molecular weight excluding hydrogens is 289 g/mol. The molecule has 0 fully saturated rings. The standard InChI is InChI=1S/C16H19ClFN3/c1-3-8-20-15(11-5-4-6-12(17)14(11)18)13-10(2)7-9-21-16(13)19/h4-7,9,15,20H,3,8H2,1-2H3,(H2,19,21). The zero-order valence-electron chi connectivity index (χ0n) is 12.2. The van der Waals surface area contributed by atoms with E-state index >= 15 is 0 Å². The molecule has 1 aromatic heterocycles. The van der Waals surface area contributed by atoms with Crippen LogP contribution in [0.4, 0.5) is 10.2 Å². The molecule has 0 aliphatic heterocycles. The van der Waals surface area contributed by atoms with Crippen LogP contribution >= 0.6 is 11.6 Å². The number of halogens is 2. The molecule has 2 rings (SSSR count). The van der Waals surface area contributed by atoms with E-state index in [0.717, 1.165) is 24.1 Å². The number of rotatable bonds is 5. The molecule has 0 spiro atoms. The first kappa shape index (κ1) is 15.7. The third-order valence-electron chi connectivity index (χ3n) is 3.42. The van der Waals surface area contributed by atoms with Gasteiger partial charge in [-0.3, -0.25) is 0 Å². The summed E-state index contributed by atoms with van der Waals surface area (Å²) in [6.07, 6.45) is 2.58. The molecule has 112 valence electrons. The molecule has 2 aromatic rings. The minimum atomic E-state index is -0.421. The van der Waals surface area contributed by atoms with Gasteiger partial charge in [0.15, 0.2) is 0 Å². The first-order valence-electron chi connectivity index (χ1n) is 6.94. The van der Waals surface area contributed by atoms with E-state index < -0.39 is 5.82 Å². The molecule has 0 saturated carbocycles. The van der Waals surface area contributed by atoms with Crippen LogP contribution in [-0.4, -0.2) is 11.5 Å². The van der Waals surface area contributed by atoms with Crippen molar-refractivity contribution in [1.82, 2.24) is 10.3 Å². The molecule has 0 bridgehead atoms. The lowest BCUT2D eigenvalue weighted by Crippen LogP contribution is -2.26. The molecule has 21 heavy (non-hydrogen) atoms. The Morgan fingerprint density at radius 3 is 2.81 bits per heavy atom. The van der Waals surface area contributed by atoms with Crippen molar-refractivity contribution in [2.75, 3.05) is 12.3 Å². The van der Waals surface area contributed by atoms with E-state index in [1.807, 2.05) is 13.0 Å². The minimum Gasteiger partial charge on any atom is -0.383 e. The maximum atomic E-state index is 14.4. The third-order valence-corrected chi connectivity index (χ3v) is 3.71. The van der Waals surface area contributed by atoms with E-state index in [1.54, 1.807) is 18.3 Å². The van der Waals surface area contributed by atoms with Crippen molar-refractivity contribution < 1.29 is 4.39 Å². The summed E-state index contributed by atoms with van der Waals surface area (Å²) in [5.41, 5.74) is 8.26. The van der Waals surface area contributed by atoms with Gasteiger partial charge in [-0.2, -0.15) is 0 Å². The Labute approximate surface area is 129 Å². The number of pyridine rings is 1. The Balaban J connectivity index is 2.55. The van der Waals surface area contributed by atoms with Gasteiger partial charge in [0.05, 0.1) is 11.1 Å². The number of benzene rings is 1. The van der Waals surface area contributed by atoms with E-state index in [2.05, 4.69) is 17.2 Å². The maximum Gasteiger partial charge on any atom is 0.146 e. The smallest absolute Gasteiger partial charge is 0.146 e. The van der Waals surface area contributed by atoms with Gasteiger partial charge in [0.2, 0.25) is 0 Å². The molecule has 1 unspecified atom stereocenters. The Bertz CT molecular complexity index is 611. The van der Waals surface area contributed by atoms with Crippen LogP contribution in [0.15, 0.2) is 30.5 Å². The molecule has 3 nitrogen and oxygen atoms in total. The largest absolute Gasteiger partial charge is 0.383 e. The quantitative estimate of drug-likeness (QED) is 0.882. The summed E-state index contributed by atoms with van der Waals surface area (Å²) in [7, 11) is 0. The second-order valence-corrected chi connectivity index (χ2v) is 5.36. The summed E-state index contributed by atoms with van der Waals surface area (Å²) in [5, 5.41) is 3.44. The summed E-state index contributed by atoms with van der Waals surface area (Å²) in [5.74, 6) is -0.0154. The van der Waals surface area contributed by atoms with E-state index in [9.17, 15) is 4.39 Å². The average Bonchev–Trinajstić information content (AvgIpc) is 2.45. The summed E-state index contributed by atoms with van der Waals surface area (Å²) in [6, 6.07) is 6.51. The molecule has 0 radical (unpaired) electrons. The highest BCUT2D eigenvalue weighted by molar-refractivity contribution is 6.30. The van der Waals surface area contributed by atoms with Gasteiger partial charge in [0.25, 0.3) is 0 Å². The first-order chi connectivity index (χ1) is 10.1. The van der Waals surface area contributed by atoms with Gasteiger partial charge < -0.3 is 11.1 Å². The van der Waals surface area contributed by atoms with Crippen LogP contribution in [0.3, 0.4) is 0 Å². The number of nitrogens with one attached hydrogen (secondary N) is 1. The number of hydrogen-bond acceptors (Lipinski definition) is 3. The van der Waals surface area contributed by atoms with Crippen LogP contribution in [-0.2, 0) is 0 Å². The van der Waals surface area contributed by atoms with Crippen LogP contribution < -0.4 is 11.1 Å². The van der Waals surface area contributed by atoms with Gasteiger partial charge in [0, 0.05) is 17.3 Å². The molecule has 0 amide bonds. The molecule has 5 heteroatoms. The molecule has 0 saturated heterocycles. The number of hydrogen-bond donors (Lipinski definition) is 2. The Morgan fingerprint density at radius 2 is 2.14 bits per heavy atom. The molecule has 3 N–H and O–H groups in total. The highest BCUT2D eigenvalue weighted by Crippen LogP contribution is 2.32. The zero-order valence-corrected chi connectivity index (χ0v) is 12.9. The lowest BCUT2D eigenvalue weighted by molar-refractivity contribution is 0.546. The van der Waals surface area contributed by atoms with Crippen LogP contribution in [0, 0.1) is 12.7 Å². The average molecular weight is 308 g/mol. The van der Waals surface area contributed by atoms with Crippen molar-refractivity contribution in [3.63, 3.8) is 0 Å². The number of nitrogen functional groups attached to an aromatic ring is 1. The van der Waals surface area contributed by atoms with Crippen LogP contribution in [0.5, 0.6) is 0 Å². The van der Waals surface area contributed by atoms with Gasteiger partial charge in [-0.15, -0.1) is 0 Å². The number of aromatic nitrogens is 1. The number of aryl methyl sites for hydroxylation is 1. The molecule has 1 atom stereocenters. The highest BCUT2D eigenvalue weighted by atomic mass is 35.5. The van der Waals surface area contributed by atoms with Crippen molar-refractivity contribution >= 4 is 17.4 Å². The SMILES string of the molecule is CCCNC(c1cccc(Cl)c1F)c1c(C)ccnc1N. The molecule has 0 aliphatic carbocycles. The van der Waals surface area contributed by atoms with E-state index in [1.165, 1.54) is 6.07 Å². The van der Waals surface area contributed by atoms with Gasteiger partial charge >= 0.3 is 0 Å². The zero-order chi connectivity index (χ0) is 15.4. The fraction of sp³-hybridized carbons (Fsp3) is 0.312. The molecular formula is C16H19ClFN3. The molecule has 1 aromatic carbocycles. The summed E-state index contributed by atoms with van der Waals surface area (Å²) < 4.78 is 14.4. The Kier molecular flexibility index (Phi) is 5.15.